The predicted molar refractivity (Wildman–Crippen MR) is 147 cm³/mol. The molecule has 1 aliphatic heterocycles. The normalized spacial score (nSPS) is 16.5. The third-order valence-electron chi connectivity index (χ3n) is 7.91. The number of nitrogens with zero attached hydrogens (tertiary/aromatic N) is 2. The van der Waals surface area contributed by atoms with Gasteiger partial charge in [-0.1, -0.05) is 113 Å². The molecule has 4 nitrogen and oxygen atoms in total. The Bertz CT molecular complexity index is 860. The van der Waals surface area contributed by atoms with Crippen LogP contribution in [0.2, 0.25) is 0 Å². The van der Waals surface area contributed by atoms with Crippen LogP contribution in [0.3, 0.4) is 0 Å². The lowest BCUT2D eigenvalue weighted by molar-refractivity contribution is -0.539. The Balaban J connectivity index is 1.64. The van der Waals surface area contributed by atoms with Crippen molar-refractivity contribution in [1.29, 1.82) is 0 Å². The number of unbranched alkanes of at least 4 members (excludes halogenated alkanes) is 14. The molecule has 1 heterocycles. The van der Waals surface area contributed by atoms with Crippen LogP contribution in [0.5, 0.6) is 0 Å². The molecule has 2 rings (SSSR count). The third-order valence-corrected chi connectivity index (χ3v) is 7.91. The number of benzene rings is 1. The minimum absolute atomic E-state index is 0.177. The standard InChI is InChI=1S/C31H49N2O2/c1-6-7-8-9-10-11-12-13-14-15-16-17-18-19-20-21-23-27-24-22-25-28(26-27)29-32(34)30(2,3)31(4,5)33(29)35/h22,24-26H,6-20H2,1-5H3. The maximum Gasteiger partial charge on any atom is 0.316 e. The van der Waals surface area contributed by atoms with E-state index in [1.54, 1.807) is 0 Å². The van der Waals surface area contributed by atoms with Crippen molar-refractivity contribution >= 4 is 5.84 Å². The van der Waals surface area contributed by atoms with Crippen LogP contribution in [0.25, 0.3) is 0 Å². The molecule has 0 fully saturated rings. The fraction of sp³-hybridized carbons (Fsp3) is 0.710. The van der Waals surface area contributed by atoms with E-state index in [1.165, 1.54) is 83.5 Å². The summed E-state index contributed by atoms with van der Waals surface area (Å²) in [7, 11) is 0. The van der Waals surface area contributed by atoms with Gasteiger partial charge in [0, 0.05) is 17.2 Å². The molecule has 195 valence electrons. The van der Waals surface area contributed by atoms with Crippen LogP contribution in [0, 0.1) is 17.0 Å². The Kier molecular flexibility index (Phi) is 12.1. The van der Waals surface area contributed by atoms with E-state index >= 15 is 0 Å². The molecule has 35 heavy (non-hydrogen) atoms. The molecule has 0 aromatic heterocycles. The molecule has 0 aliphatic carbocycles. The van der Waals surface area contributed by atoms with Crippen LogP contribution >= 0.6 is 0 Å². The number of amidine groups is 1. The van der Waals surface area contributed by atoms with E-state index in [1.807, 2.05) is 52.0 Å². The number of hydrogen-bond donors (Lipinski definition) is 0. The van der Waals surface area contributed by atoms with E-state index in [9.17, 15) is 10.4 Å². The second kappa shape index (κ2) is 14.5. The zero-order valence-electron chi connectivity index (χ0n) is 23.1. The average molecular weight is 482 g/mol. The van der Waals surface area contributed by atoms with E-state index in [0.717, 1.165) is 28.2 Å². The Labute approximate surface area is 215 Å². The topological polar surface area (TPSA) is 49.2 Å². The van der Waals surface area contributed by atoms with Gasteiger partial charge in [0.05, 0.1) is 5.56 Å². The van der Waals surface area contributed by atoms with Crippen LogP contribution in [-0.2, 0) is 5.21 Å². The van der Waals surface area contributed by atoms with Gasteiger partial charge in [-0.05, 0) is 52.3 Å². The maximum absolute atomic E-state index is 12.9. The molecule has 0 N–H and O–H groups in total. The SMILES string of the molecule is CCCCCCCCCCCCCCCCC#Cc1cccc(C2=[N+]([O-])C(C)(C)C(C)(C)N2[O])c1. The minimum Gasteiger partial charge on any atom is -0.714 e. The molecule has 4 heteroatoms. The first-order valence-corrected chi connectivity index (χ1v) is 14.1. The van der Waals surface area contributed by atoms with Crippen LogP contribution in [0.1, 0.15) is 142 Å². The summed E-state index contributed by atoms with van der Waals surface area (Å²) in [5.74, 6) is 6.67. The molecule has 0 bridgehead atoms. The second-order valence-electron chi connectivity index (χ2n) is 11.3. The van der Waals surface area contributed by atoms with Crippen molar-refractivity contribution in [2.24, 2.45) is 0 Å². The van der Waals surface area contributed by atoms with Gasteiger partial charge in [-0.3, -0.25) is 4.74 Å². The first-order valence-electron chi connectivity index (χ1n) is 14.1. The summed E-state index contributed by atoms with van der Waals surface area (Å²) in [5.41, 5.74) is -0.124. The van der Waals surface area contributed by atoms with Gasteiger partial charge in [0.25, 0.3) is 0 Å². The number of rotatable bonds is 15. The van der Waals surface area contributed by atoms with Crippen LogP contribution in [0.15, 0.2) is 24.3 Å². The summed E-state index contributed by atoms with van der Waals surface area (Å²) in [6.07, 6.45) is 19.9. The van der Waals surface area contributed by atoms with E-state index in [4.69, 9.17) is 0 Å². The first kappa shape index (κ1) is 29.2. The van der Waals surface area contributed by atoms with Crippen molar-refractivity contribution in [2.45, 2.75) is 142 Å². The quantitative estimate of drug-likeness (QED) is 0.109. The van der Waals surface area contributed by atoms with Gasteiger partial charge >= 0.3 is 5.84 Å². The molecule has 0 saturated carbocycles. The van der Waals surface area contributed by atoms with Gasteiger partial charge in [-0.2, -0.15) is 0 Å². The van der Waals surface area contributed by atoms with Gasteiger partial charge in [0.1, 0.15) is 5.54 Å². The van der Waals surface area contributed by atoms with Crippen LogP contribution in [0.4, 0.5) is 0 Å². The summed E-state index contributed by atoms with van der Waals surface area (Å²) in [5, 5.41) is 26.6. The molecule has 0 spiro atoms. The van der Waals surface area contributed by atoms with Crippen molar-refractivity contribution in [2.75, 3.05) is 0 Å². The fourth-order valence-corrected chi connectivity index (χ4v) is 4.65. The van der Waals surface area contributed by atoms with Crippen LogP contribution < -0.4 is 0 Å². The molecule has 1 radical (unpaired) electrons. The Morgan fingerprint density at radius 2 is 1.34 bits per heavy atom. The molecule has 0 unspecified atom stereocenters. The van der Waals surface area contributed by atoms with E-state index in [0.29, 0.717) is 5.56 Å². The van der Waals surface area contributed by atoms with Gasteiger partial charge in [0.2, 0.25) is 0 Å². The Morgan fingerprint density at radius 1 is 0.829 bits per heavy atom. The van der Waals surface area contributed by atoms with Crippen molar-refractivity contribution in [1.82, 2.24) is 5.06 Å². The molecule has 0 atom stereocenters. The predicted octanol–water partition coefficient (Wildman–Crippen LogP) is 8.38. The van der Waals surface area contributed by atoms with Crippen molar-refractivity contribution in [3.63, 3.8) is 0 Å². The molecule has 1 aromatic carbocycles. The smallest absolute Gasteiger partial charge is 0.316 e. The Hall–Kier alpha value is -1.99. The zero-order valence-corrected chi connectivity index (χ0v) is 23.1. The van der Waals surface area contributed by atoms with Crippen molar-refractivity contribution in [3.8, 4) is 11.8 Å². The summed E-state index contributed by atoms with van der Waals surface area (Å²) in [6, 6.07) is 7.50. The highest BCUT2D eigenvalue weighted by atomic mass is 16.5. The molecular formula is C31H49N2O2. The zero-order chi connectivity index (χ0) is 25.7. The van der Waals surface area contributed by atoms with Crippen molar-refractivity contribution in [3.05, 3.63) is 40.6 Å². The van der Waals surface area contributed by atoms with Gasteiger partial charge in [-0.25, -0.2) is 0 Å². The first-order chi connectivity index (χ1) is 16.7. The third kappa shape index (κ3) is 8.28. The fourth-order valence-electron chi connectivity index (χ4n) is 4.65. The summed E-state index contributed by atoms with van der Waals surface area (Å²) >= 11 is 0. The molecule has 0 amide bonds. The highest BCUT2D eigenvalue weighted by Crippen LogP contribution is 2.37. The maximum atomic E-state index is 12.9. The molecular weight excluding hydrogens is 432 g/mol. The van der Waals surface area contributed by atoms with Crippen LogP contribution in [-0.4, -0.2) is 26.7 Å². The summed E-state index contributed by atoms with van der Waals surface area (Å²) in [4.78, 5) is 0. The largest absolute Gasteiger partial charge is 0.714 e. The highest BCUT2D eigenvalue weighted by Gasteiger charge is 2.59. The second-order valence-corrected chi connectivity index (χ2v) is 11.3. The average Bonchev–Trinajstić information content (AvgIpc) is 2.95. The monoisotopic (exact) mass is 481 g/mol. The molecule has 1 aromatic rings. The van der Waals surface area contributed by atoms with Gasteiger partial charge < -0.3 is 5.21 Å². The van der Waals surface area contributed by atoms with E-state index in [-0.39, 0.29) is 5.84 Å². The molecule has 0 saturated heterocycles. The summed E-state index contributed by atoms with van der Waals surface area (Å²) in [6.45, 7) is 9.55. The van der Waals surface area contributed by atoms with Gasteiger partial charge in [-0.15, -0.1) is 0 Å². The number of hydroxylamine groups is 3. The lowest BCUT2D eigenvalue weighted by Crippen LogP contribution is -2.53. The number of hydrogen-bond acceptors (Lipinski definition) is 2. The molecule has 1 aliphatic rings. The summed E-state index contributed by atoms with van der Waals surface area (Å²) < 4.78 is 0.862. The van der Waals surface area contributed by atoms with Crippen molar-refractivity contribution < 1.29 is 9.95 Å². The lowest BCUT2D eigenvalue weighted by Gasteiger charge is -2.32. The lowest BCUT2D eigenvalue weighted by atomic mass is 9.84. The minimum atomic E-state index is -0.806. The Morgan fingerprint density at radius 3 is 1.83 bits per heavy atom. The van der Waals surface area contributed by atoms with Gasteiger partial charge in [0.15, 0.2) is 5.54 Å². The van der Waals surface area contributed by atoms with E-state index < -0.39 is 11.1 Å². The highest BCUT2D eigenvalue weighted by molar-refractivity contribution is 5.96. The van der Waals surface area contributed by atoms with E-state index in [2.05, 4.69) is 18.8 Å².